The lowest BCUT2D eigenvalue weighted by Crippen LogP contribution is -2.02. The number of hydrogen-bond donors (Lipinski definition) is 6. The molecule has 6 aromatic rings. The predicted octanol–water partition coefficient (Wildman–Crippen LogP) is 9.24. The van der Waals surface area contributed by atoms with Crippen molar-refractivity contribution in [3.05, 3.63) is 200 Å². The van der Waals surface area contributed by atoms with Crippen LogP contribution in [-0.4, -0.2) is 30.6 Å². The van der Waals surface area contributed by atoms with Gasteiger partial charge in [0.2, 0.25) is 0 Å². The molecular weight excluding hydrogens is 673 g/mol. The van der Waals surface area contributed by atoms with E-state index in [0.717, 1.165) is 11.1 Å². The van der Waals surface area contributed by atoms with Crippen molar-refractivity contribution in [2.45, 2.75) is 51.4 Å². The average Bonchev–Trinajstić information content (AvgIpc) is 3.15. The molecule has 0 fully saturated rings. The molecule has 6 N–H and O–H groups in total. The van der Waals surface area contributed by atoms with Crippen molar-refractivity contribution in [1.29, 1.82) is 0 Å². The van der Waals surface area contributed by atoms with Crippen LogP contribution in [0.25, 0.3) is 0 Å². The Hall–Kier alpha value is -6.40. The fraction of sp³-hybridized carbons (Fsp3) is 0.167. The van der Waals surface area contributed by atoms with Crippen LogP contribution in [0, 0.1) is 0 Å². The van der Waals surface area contributed by atoms with Crippen LogP contribution >= 0.6 is 0 Å². The molecule has 1 aliphatic rings. The van der Waals surface area contributed by atoms with Crippen molar-refractivity contribution in [2.24, 2.45) is 0 Å². The zero-order valence-corrected chi connectivity index (χ0v) is 30.1. The fourth-order valence-corrected chi connectivity index (χ4v) is 7.72. The smallest absolute Gasteiger partial charge is 0.122 e. The number of allylic oxidation sites excluding steroid dienone is 2. The standard InChI is InChI=1S/C48H44O6/c1-3-9-29-19-39-25-35-15-5-11-31(43(35)49)23-33-13-7-17-37(45(33)51)27-41-21-30(10-4-2)22-42(48(41)54)28-38-18-8-14-34(46(38)52)24-32-12-6-16-36(44(32)50)26-40(20-29)47(39)53/h3-8,11-22,49-54H,1-2,9-10,23-28H2. The lowest BCUT2D eigenvalue weighted by molar-refractivity contribution is 0.451. The maximum atomic E-state index is 11.7. The van der Waals surface area contributed by atoms with Crippen molar-refractivity contribution in [3.63, 3.8) is 0 Å². The van der Waals surface area contributed by atoms with E-state index in [-0.39, 0.29) is 73.0 Å². The Morgan fingerprint density at radius 3 is 0.722 bits per heavy atom. The average molecular weight is 717 g/mol. The summed E-state index contributed by atoms with van der Waals surface area (Å²) >= 11 is 0. The summed E-state index contributed by atoms with van der Waals surface area (Å²) in [4.78, 5) is 0. The number of rotatable bonds is 4. The minimum Gasteiger partial charge on any atom is -0.507 e. The Balaban J connectivity index is 1.39. The summed E-state index contributed by atoms with van der Waals surface area (Å²) in [7, 11) is 0. The van der Waals surface area contributed by atoms with Crippen LogP contribution in [0.4, 0.5) is 0 Å². The van der Waals surface area contributed by atoms with Crippen LogP contribution < -0.4 is 0 Å². The lowest BCUT2D eigenvalue weighted by Gasteiger charge is -2.18. The summed E-state index contributed by atoms with van der Waals surface area (Å²) in [5.41, 5.74) is 9.39. The van der Waals surface area contributed by atoms with Crippen LogP contribution in [0.1, 0.15) is 77.9 Å². The topological polar surface area (TPSA) is 121 Å². The summed E-state index contributed by atoms with van der Waals surface area (Å²) < 4.78 is 0. The predicted molar refractivity (Wildman–Crippen MR) is 213 cm³/mol. The third-order valence-electron chi connectivity index (χ3n) is 10.5. The van der Waals surface area contributed by atoms with E-state index in [1.807, 2.05) is 97.1 Å². The first kappa shape index (κ1) is 36.0. The normalized spacial score (nSPS) is 12.7. The molecule has 54 heavy (non-hydrogen) atoms. The zero-order chi connectivity index (χ0) is 37.9. The van der Waals surface area contributed by atoms with Gasteiger partial charge >= 0.3 is 0 Å². The molecule has 0 saturated heterocycles. The molecule has 0 radical (unpaired) electrons. The highest BCUT2D eigenvalue weighted by molar-refractivity contribution is 5.57. The first-order chi connectivity index (χ1) is 26.1. The summed E-state index contributed by atoms with van der Waals surface area (Å²) in [6, 6.07) is 29.7. The van der Waals surface area contributed by atoms with Crippen LogP contribution in [0.15, 0.2) is 122 Å². The molecule has 0 saturated carbocycles. The highest BCUT2D eigenvalue weighted by atomic mass is 16.3. The van der Waals surface area contributed by atoms with E-state index in [0.29, 0.717) is 79.6 Å². The number of para-hydroxylation sites is 4. The van der Waals surface area contributed by atoms with Crippen LogP contribution in [0.5, 0.6) is 34.5 Å². The van der Waals surface area contributed by atoms with E-state index >= 15 is 0 Å². The first-order valence-corrected chi connectivity index (χ1v) is 18.2. The van der Waals surface area contributed by atoms with Crippen molar-refractivity contribution in [2.75, 3.05) is 0 Å². The minimum atomic E-state index is 0.0862. The largest absolute Gasteiger partial charge is 0.507 e. The molecule has 0 heterocycles. The lowest BCUT2D eigenvalue weighted by atomic mass is 9.90. The Bertz CT molecular complexity index is 2090. The zero-order valence-electron chi connectivity index (χ0n) is 30.1. The van der Waals surface area contributed by atoms with Gasteiger partial charge in [-0.2, -0.15) is 0 Å². The number of aromatic hydroxyl groups is 6. The maximum absolute atomic E-state index is 11.7. The van der Waals surface area contributed by atoms with Gasteiger partial charge in [0.15, 0.2) is 0 Å². The van der Waals surface area contributed by atoms with Crippen molar-refractivity contribution >= 4 is 0 Å². The summed E-state index contributed by atoms with van der Waals surface area (Å²) in [5, 5.41) is 69.6. The quantitative estimate of drug-likeness (QED) is 0.101. The Morgan fingerprint density at radius 2 is 0.519 bits per heavy atom. The van der Waals surface area contributed by atoms with E-state index in [2.05, 4.69) is 13.2 Å². The molecule has 6 aromatic carbocycles. The van der Waals surface area contributed by atoms with Gasteiger partial charge in [-0.25, -0.2) is 0 Å². The van der Waals surface area contributed by atoms with Crippen molar-refractivity contribution < 1.29 is 30.6 Å². The molecule has 0 spiro atoms. The molecule has 6 nitrogen and oxygen atoms in total. The van der Waals surface area contributed by atoms with Gasteiger partial charge in [0.25, 0.3) is 0 Å². The SMILES string of the molecule is C=CCc1cc2c(O)c(c1)Cc1cccc(c1O)Cc1cccc(c1O)Cc1cc(CC=C)cc(c1O)Cc1cccc(c1O)Cc1cccc(c1O)C2. The van der Waals surface area contributed by atoms with Crippen molar-refractivity contribution in [1.82, 2.24) is 0 Å². The van der Waals surface area contributed by atoms with E-state index in [1.165, 1.54) is 0 Å². The molecule has 0 amide bonds. The third kappa shape index (κ3) is 7.28. The van der Waals surface area contributed by atoms with E-state index in [9.17, 15) is 30.6 Å². The summed E-state index contributed by atoms with van der Waals surface area (Å²) in [6.45, 7) is 7.82. The van der Waals surface area contributed by atoms with Gasteiger partial charge in [0, 0.05) is 38.5 Å². The second-order valence-corrected chi connectivity index (χ2v) is 14.3. The van der Waals surface area contributed by atoms with Gasteiger partial charge in [-0.15, -0.1) is 13.2 Å². The van der Waals surface area contributed by atoms with E-state index < -0.39 is 0 Å². The number of hydrogen-bond acceptors (Lipinski definition) is 6. The van der Waals surface area contributed by atoms with Gasteiger partial charge in [-0.3, -0.25) is 0 Å². The molecule has 12 bridgehead atoms. The second kappa shape index (κ2) is 15.3. The monoisotopic (exact) mass is 716 g/mol. The molecule has 7 rings (SSSR count). The summed E-state index contributed by atoms with van der Waals surface area (Å²) in [6.07, 6.45) is 6.25. The van der Waals surface area contributed by atoms with E-state index in [4.69, 9.17) is 0 Å². The Kier molecular flexibility index (Phi) is 10.2. The number of phenols is 6. The third-order valence-corrected chi connectivity index (χ3v) is 10.5. The fourth-order valence-electron chi connectivity index (χ4n) is 7.72. The molecule has 0 aliphatic heterocycles. The van der Waals surface area contributed by atoms with Gasteiger partial charge in [-0.1, -0.05) is 109 Å². The van der Waals surface area contributed by atoms with Gasteiger partial charge in [0.05, 0.1) is 0 Å². The molecule has 0 unspecified atom stereocenters. The molecule has 0 aromatic heterocycles. The van der Waals surface area contributed by atoms with Gasteiger partial charge in [-0.05, 0) is 90.7 Å². The Morgan fingerprint density at radius 1 is 0.333 bits per heavy atom. The van der Waals surface area contributed by atoms with Crippen molar-refractivity contribution in [3.8, 4) is 34.5 Å². The molecule has 272 valence electrons. The van der Waals surface area contributed by atoms with E-state index in [1.54, 1.807) is 12.2 Å². The molecule has 6 heteroatoms. The highest BCUT2D eigenvalue weighted by Gasteiger charge is 2.20. The highest BCUT2D eigenvalue weighted by Crippen LogP contribution is 2.39. The Labute approximate surface area is 315 Å². The number of fused-ring (bicyclic) bond motifs is 12. The van der Waals surface area contributed by atoms with Gasteiger partial charge < -0.3 is 30.6 Å². The molecule has 0 atom stereocenters. The number of benzene rings is 6. The first-order valence-electron chi connectivity index (χ1n) is 18.2. The maximum Gasteiger partial charge on any atom is 0.122 e. The van der Waals surface area contributed by atoms with Crippen LogP contribution in [-0.2, 0) is 51.4 Å². The second-order valence-electron chi connectivity index (χ2n) is 14.3. The van der Waals surface area contributed by atoms with Crippen LogP contribution in [0.3, 0.4) is 0 Å². The minimum absolute atomic E-state index is 0.0862. The molecular formula is C48H44O6. The molecule has 1 aliphatic carbocycles. The van der Waals surface area contributed by atoms with Crippen LogP contribution in [0.2, 0.25) is 0 Å². The summed E-state index contributed by atoms with van der Waals surface area (Å²) in [5.74, 6) is 0.521. The number of phenolic OH excluding ortho intramolecular Hbond substituents is 6. The van der Waals surface area contributed by atoms with Gasteiger partial charge in [0.1, 0.15) is 34.5 Å².